The summed E-state index contributed by atoms with van der Waals surface area (Å²) >= 11 is 6.44. The SMILES string of the molecule is CCC(C)S(=O)(=O)Nc1cc(Cl)cc(-c2nc(C(C)(C)C)[nH]c2-c2ccnc(CC[C@H](C)NC(=O)OC)n2)c1. The molecule has 1 aromatic carbocycles. The van der Waals surface area contributed by atoms with Crippen LogP contribution in [0.1, 0.15) is 66.0 Å². The fourth-order valence-electron chi connectivity index (χ4n) is 3.73. The van der Waals surface area contributed by atoms with Crippen molar-refractivity contribution in [3.63, 3.8) is 0 Å². The maximum absolute atomic E-state index is 12.7. The van der Waals surface area contributed by atoms with Gasteiger partial charge in [0.15, 0.2) is 0 Å². The smallest absolute Gasteiger partial charge is 0.407 e. The van der Waals surface area contributed by atoms with Gasteiger partial charge in [0, 0.05) is 34.7 Å². The van der Waals surface area contributed by atoms with E-state index in [0.717, 1.165) is 5.82 Å². The van der Waals surface area contributed by atoms with Gasteiger partial charge in [-0.1, -0.05) is 39.3 Å². The number of aryl methyl sites for hydroxylation is 1. The van der Waals surface area contributed by atoms with Gasteiger partial charge in [-0.15, -0.1) is 0 Å². The van der Waals surface area contributed by atoms with E-state index in [4.69, 9.17) is 21.6 Å². The van der Waals surface area contributed by atoms with Crippen molar-refractivity contribution >= 4 is 33.4 Å². The van der Waals surface area contributed by atoms with Crippen molar-refractivity contribution in [1.29, 1.82) is 0 Å². The van der Waals surface area contributed by atoms with Crippen molar-refractivity contribution in [3.05, 3.63) is 47.1 Å². The van der Waals surface area contributed by atoms with E-state index in [2.05, 4.69) is 24.7 Å². The molecule has 0 aliphatic heterocycles. The minimum atomic E-state index is -3.58. The number of rotatable bonds is 10. The van der Waals surface area contributed by atoms with Gasteiger partial charge >= 0.3 is 6.09 Å². The van der Waals surface area contributed by atoms with Crippen LogP contribution in [0.4, 0.5) is 10.5 Å². The van der Waals surface area contributed by atoms with E-state index in [1.54, 1.807) is 37.4 Å². The number of aromatic nitrogens is 4. The fourth-order valence-corrected chi connectivity index (χ4v) is 5.05. The van der Waals surface area contributed by atoms with Crippen LogP contribution in [0.25, 0.3) is 22.6 Å². The first kappa shape index (κ1) is 30.4. The second-order valence-electron chi connectivity index (χ2n) is 10.6. The summed E-state index contributed by atoms with van der Waals surface area (Å²) in [6.45, 7) is 11.5. The van der Waals surface area contributed by atoms with Crippen molar-refractivity contribution < 1.29 is 17.9 Å². The number of ether oxygens (including phenoxy) is 1. The average Bonchev–Trinajstić information content (AvgIpc) is 3.33. The Morgan fingerprint density at radius 1 is 1.18 bits per heavy atom. The van der Waals surface area contributed by atoms with Gasteiger partial charge < -0.3 is 15.0 Å². The zero-order chi connectivity index (χ0) is 29.0. The molecular weight excluding hydrogens is 540 g/mol. The third-order valence-electron chi connectivity index (χ3n) is 6.26. The predicted molar refractivity (Wildman–Crippen MR) is 154 cm³/mol. The molecule has 0 spiro atoms. The number of carbonyl (C=O) groups excluding carboxylic acids is 1. The minimum absolute atomic E-state index is 0.121. The Morgan fingerprint density at radius 2 is 1.90 bits per heavy atom. The fraction of sp³-hybridized carbons (Fsp3) is 0.481. The molecule has 3 rings (SSSR count). The lowest BCUT2D eigenvalue weighted by atomic mass is 9.96. The Hall–Kier alpha value is -3.18. The first-order valence-corrected chi connectivity index (χ1v) is 14.8. The normalized spacial score (nSPS) is 13.5. The number of carbonyl (C=O) groups is 1. The predicted octanol–water partition coefficient (Wildman–Crippen LogP) is 5.70. The molecule has 1 amide bonds. The first-order valence-electron chi connectivity index (χ1n) is 12.8. The Morgan fingerprint density at radius 3 is 2.54 bits per heavy atom. The number of hydrogen-bond donors (Lipinski definition) is 3. The lowest BCUT2D eigenvalue weighted by molar-refractivity contribution is 0.167. The summed E-state index contributed by atoms with van der Waals surface area (Å²) in [5.74, 6) is 1.35. The molecule has 0 saturated carbocycles. The van der Waals surface area contributed by atoms with Crippen LogP contribution in [0.5, 0.6) is 0 Å². The van der Waals surface area contributed by atoms with Crippen LogP contribution >= 0.6 is 11.6 Å². The number of nitrogens with one attached hydrogen (secondary N) is 3. The molecule has 3 N–H and O–H groups in total. The molecule has 0 radical (unpaired) electrons. The number of benzene rings is 1. The lowest BCUT2D eigenvalue weighted by Gasteiger charge is -2.14. The molecule has 0 bridgehead atoms. The monoisotopic (exact) mass is 576 g/mol. The number of amides is 1. The largest absolute Gasteiger partial charge is 0.453 e. The number of alkyl carbamates (subject to hydrolysis) is 1. The van der Waals surface area contributed by atoms with E-state index in [0.29, 0.717) is 58.4 Å². The summed E-state index contributed by atoms with van der Waals surface area (Å²) in [5, 5.41) is 2.55. The number of imidazole rings is 1. The van der Waals surface area contributed by atoms with Crippen molar-refractivity contribution in [3.8, 4) is 22.6 Å². The molecule has 0 fully saturated rings. The number of methoxy groups -OCH3 is 1. The van der Waals surface area contributed by atoms with E-state index in [9.17, 15) is 13.2 Å². The van der Waals surface area contributed by atoms with Crippen molar-refractivity contribution in [1.82, 2.24) is 25.3 Å². The van der Waals surface area contributed by atoms with Gasteiger partial charge in [0.1, 0.15) is 11.6 Å². The Balaban J connectivity index is 2.02. The van der Waals surface area contributed by atoms with Crippen LogP contribution < -0.4 is 10.0 Å². The second kappa shape index (κ2) is 12.3. The number of aromatic amines is 1. The molecule has 12 heteroatoms. The summed E-state index contributed by atoms with van der Waals surface area (Å²) < 4.78 is 32.7. The van der Waals surface area contributed by atoms with Crippen molar-refractivity contribution in [2.45, 2.75) is 77.5 Å². The minimum Gasteiger partial charge on any atom is -0.453 e. The van der Waals surface area contributed by atoms with Gasteiger partial charge in [-0.2, -0.15) is 0 Å². The Labute approximate surface area is 235 Å². The highest BCUT2D eigenvalue weighted by molar-refractivity contribution is 7.93. The van der Waals surface area contributed by atoms with Crippen LogP contribution in [0.15, 0.2) is 30.5 Å². The van der Waals surface area contributed by atoms with Crippen molar-refractivity contribution in [2.24, 2.45) is 0 Å². The summed E-state index contributed by atoms with van der Waals surface area (Å²) in [5.41, 5.74) is 2.60. The molecule has 2 atom stereocenters. The van der Waals surface area contributed by atoms with E-state index in [1.165, 1.54) is 7.11 Å². The molecule has 10 nitrogen and oxygen atoms in total. The van der Waals surface area contributed by atoms with Crippen LogP contribution in [0.3, 0.4) is 0 Å². The molecule has 2 aromatic heterocycles. The third kappa shape index (κ3) is 7.92. The maximum atomic E-state index is 12.7. The highest BCUT2D eigenvalue weighted by Crippen LogP contribution is 2.35. The summed E-state index contributed by atoms with van der Waals surface area (Å²) in [7, 11) is -2.25. The molecule has 212 valence electrons. The van der Waals surface area contributed by atoms with Crippen LogP contribution in [-0.2, 0) is 26.6 Å². The van der Waals surface area contributed by atoms with Crippen LogP contribution in [0.2, 0.25) is 5.02 Å². The zero-order valence-electron chi connectivity index (χ0n) is 23.4. The van der Waals surface area contributed by atoms with Gasteiger partial charge in [-0.05, 0) is 51.0 Å². The molecule has 1 unspecified atom stereocenters. The Kier molecular flexibility index (Phi) is 9.60. The number of nitrogens with zero attached hydrogens (tertiary/aromatic N) is 3. The molecule has 2 heterocycles. The topological polar surface area (TPSA) is 139 Å². The highest BCUT2D eigenvalue weighted by atomic mass is 35.5. The van der Waals surface area contributed by atoms with Gasteiger partial charge in [0.2, 0.25) is 10.0 Å². The summed E-state index contributed by atoms with van der Waals surface area (Å²) in [6.07, 6.45) is 2.83. The van der Waals surface area contributed by atoms with E-state index >= 15 is 0 Å². The third-order valence-corrected chi connectivity index (χ3v) is 8.39. The number of halogens is 1. The van der Waals surface area contributed by atoms with Crippen LogP contribution in [-0.4, -0.2) is 52.8 Å². The van der Waals surface area contributed by atoms with Gasteiger partial charge in [-0.25, -0.2) is 28.2 Å². The molecule has 39 heavy (non-hydrogen) atoms. The average molecular weight is 577 g/mol. The van der Waals surface area contributed by atoms with Crippen molar-refractivity contribution in [2.75, 3.05) is 11.8 Å². The Bertz CT molecular complexity index is 1420. The van der Waals surface area contributed by atoms with E-state index in [-0.39, 0.29) is 11.5 Å². The molecular formula is C27H37ClN6O4S. The van der Waals surface area contributed by atoms with E-state index in [1.807, 2.05) is 34.6 Å². The maximum Gasteiger partial charge on any atom is 0.407 e. The van der Waals surface area contributed by atoms with Gasteiger partial charge in [0.05, 0.1) is 35.1 Å². The molecule has 3 aromatic rings. The highest BCUT2D eigenvalue weighted by Gasteiger charge is 2.25. The first-order chi connectivity index (χ1) is 18.2. The zero-order valence-corrected chi connectivity index (χ0v) is 25.0. The molecule has 0 aliphatic rings. The summed E-state index contributed by atoms with van der Waals surface area (Å²) in [6, 6.07) is 6.72. The standard InChI is InChI=1S/C27H37ClN6O4S/c1-8-17(3)39(36,37)34-20-14-18(13-19(28)15-20)23-24(33-25(32-23)27(4,5)6)21-11-12-29-22(31-21)10-9-16(2)30-26(35)38-7/h11-17,34H,8-10H2,1-7H3,(H,30,35)(H,32,33)/t16-,17?/m0/s1. The number of sulfonamides is 1. The van der Waals surface area contributed by atoms with E-state index < -0.39 is 21.4 Å². The van der Waals surface area contributed by atoms with Crippen LogP contribution in [0, 0.1) is 0 Å². The second-order valence-corrected chi connectivity index (χ2v) is 13.1. The lowest BCUT2D eigenvalue weighted by Crippen LogP contribution is -2.32. The van der Waals surface area contributed by atoms with Gasteiger partial charge in [0.25, 0.3) is 0 Å². The molecule has 0 saturated heterocycles. The number of hydrogen-bond acceptors (Lipinski definition) is 7. The number of anilines is 1. The van der Waals surface area contributed by atoms with Gasteiger partial charge in [-0.3, -0.25) is 4.72 Å². The summed E-state index contributed by atoms with van der Waals surface area (Å²) in [4.78, 5) is 29.0. The number of H-pyrrole nitrogens is 1. The molecule has 0 aliphatic carbocycles. The quantitative estimate of drug-likeness (QED) is 0.281.